The third-order valence-electron chi connectivity index (χ3n) is 9.45. The molecule has 0 bridgehead atoms. The van der Waals surface area contributed by atoms with Gasteiger partial charge in [-0.1, -0.05) is 12.1 Å². The molecule has 0 aliphatic rings. The zero-order valence-corrected chi connectivity index (χ0v) is 33.7. The molecule has 0 unspecified atom stereocenters. The van der Waals surface area contributed by atoms with Gasteiger partial charge in [-0.3, -0.25) is 19.3 Å². The van der Waals surface area contributed by atoms with Crippen molar-refractivity contribution in [3.05, 3.63) is 144 Å². The van der Waals surface area contributed by atoms with E-state index in [1.165, 1.54) is 12.2 Å². The van der Waals surface area contributed by atoms with Gasteiger partial charge in [-0.05, 0) is 81.9 Å². The van der Waals surface area contributed by atoms with Crippen LogP contribution in [0, 0.1) is 22.7 Å². The number of allylic oxidation sites excluding steroid dienone is 2. The van der Waals surface area contributed by atoms with E-state index in [1.54, 1.807) is 74.7 Å². The Morgan fingerprint density at radius 2 is 0.883 bits per heavy atom. The zero-order chi connectivity index (χ0) is 42.2. The van der Waals surface area contributed by atoms with Crippen molar-refractivity contribution in [3.8, 4) is 57.7 Å². The van der Waals surface area contributed by atoms with E-state index < -0.39 is 0 Å². The summed E-state index contributed by atoms with van der Waals surface area (Å²) in [5.74, 6) is 2.58. The second kappa shape index (κ2) is 17.8. The quantitative estimate of drug-likeness (QED) is 0.122. The largest absolute Gasteiger partial charge is 0.497 e. The second-order valence-electron chi connectivity index (χ2n) is 13.3. The number of hydrogen-bond acceptors (Lipinski definition) is 12. The first-order valence-corrected chi connectivity index (χ1v) is 18.4. The molecule has 14 heteroatoms. The fraction of sp³-hybridized carbons (Fsp3) is 0.130. The molecule has 296 valence electrons. The molecule has 4 aromatic heterocycles. The molecule has 0 N–H and O–H groups in total. The minimum Gasteiger partial charge on any atom is -0.497 e. The van der Waals surface area contributed by atoms with Crippen LogP contribution in [0.5, 0.6) is 23.0 Å². The number of nitriles is 2. The highest BCUT2D eigenvalue weighted by Gasteiger charge is 2.14. The number of ether oxygens (including phenoxy) is 4. The summed E-state index contributed by atoms with van der Waals surface area (Å²) in [5, 5.41) is 27.2. The molecule has 4 aromatic carbocycles. The van der Waals surface area contributed by atoms with E-state index >= 15 is 0 Å². The maximum absolute atomic E-state index is 9.39. The maximum atomic E-state index is 9.39. The van der Waals surface area contributed by atoms with Crippen LogP contribution in [0.4, 0.5) is 0 Å². The monoisotopic (exact) mass is 794 g/mol. The number of hydrogen-bond donors (Lipinski definition) is 0. The zero-order valence-electron chi connectivity index (χ0n) is 33.7. The first-order valence-electron chi connectivity index (χ1n) is 18.4. The van der Waals surface area contributed by atoms with Crippen molar-refractivity contribution in [2.45, 2.75) is 0 Å². The van der Waals surface area contributed by atoms with Gasteiger partial charge in [0.2, 0.25) is 0 Å². The lowest BCUT2D eigenvalue weighted by atomic mass is 9.96. The highest BCUT2D eigenvalue weighted by molar-refractivity contribution is 5.89. The average Bonchev–Trinajstić information content (AvgIpc) is 3.94. The van der Waals surface area contributed by atoms with Gasteiger partial charge in [-0.25, -0.2) is 9.97 Å². The van der Waals surface area contributed by atoms with Crippen molar-refractivity contribution in [2.75, 3.05) is 28.4 Å². The first kappa shape index (κ1) is 39.9. The smallest absolute Gasteiger partial charge is 0.123 e. The summed E-state index contributed by atoms with van der Waals surface area (Å²) in [6.07, 6.45) is 13.8. The van der Waals surface area contributed by atoms with Crippen LogP contribution in [0.3, 0.4) is 0 Å². The van der Waals surface area contributed by atoms with Crippen molar-refractivity contribution in [1.29, 1.82) is 10.5 Å². The third kappa shape index (κ3) is 8.78. The van der Waals surface area contributed by atoms with Crippen molar-refractivity contribution in [2.24, 2.45) is 14.1 Å². The molecule has 0 aliphatic carbocycles. The Labute approximate surface area is 345 Å². The molecule has 60 heavy (non-hydrogen) atoms. The van der Waals surface area contributed by atoms with Gasteiger partial charge in [-0.15, -0.1) is 0 Å². The molecule has 0 spiro atoms. The molecule has 0 atom stereocenters. The minimum absolute atomic E-state index is 0.646. The van der Waals surface area contributed by atoms with E-state index in [9.17, 15) is 10.5 Å². The number of aromatic nitrogens is 8. The molecular formula is C46H38N10O4. The molecule has 0 amide bonds. The van der Waals surface area contributed by atoms with Gasteiger partial charge in [0.15, 0.2) is 0 Å². The van der Waals surface area contributed by atoms with Gasteiger partial charge < -0.3 is 18.9 Å². The molecule has 8 rings (SSSR count). The van der Waals surface area contributed by atoms with Gasteiger partial charge in [-0.2, -0.15) is 20.7 Å². The number of benzene rings is 4. The van der Waals surface area contributed by atoms with E-state index in [2.05, 4.69) is 32.3 Å². The van der Waals surface area contributed by atoms with Gasteiger partial charge in [0.05, 0.1) is 98.8 Å². The second-order valence-corrected chi connectivity index (χ2v) is 13.3. The van der Waals surface area contributed by atoms with Gasteiger partial charge in [0.1, 0.15) is 23.0 Å². The number of fused-ring (bicyclic) bond motifs is 2. The molecule has 0 fully saturated rings. The predicted octanol–water partition coefficient (Wildman–Crippen LogP) is 8.01. The number of nitrogens with zero attached hydrogens (tertiary/aromatic N) is 10. The lowest BCUT2D eigenvalue weighted by molar-refractivity contribution is 0.394. The Kier molecular flexibility index (Phi) is 11.8. The van der Waals surface area contributed by atoms with Crippen LogP contribution < -0.4 is 18.9 Å². The fourth-order valence-corrected chi connectivity index (χ4v) is 6.46. The summed E-state index contributed by atoms with van der Waals surface area (Å²) in [6, 6.07) is 26.8. The molecule has 0 saturated carbocycles. The number of methoxy groups -OCH3 is 4. The lowest BCUT2D eigenvalue weighted by Crippen LogP contribution is -1.94. The van der Waals surface area contributed by atoms with Crippen LogP contribution >= 0.6 is 0 Å². The third-order valence-corrected chi connectivity index (χ3v) is 9.45. The summed E-state index contributed by atoms with van der Waals surface area (Å²) >= 11 is 0. The van der Waals surface area contributed by atoms with E-state index in [-0.39, 0.29) is 0 Å². The van der Waals surface area contributed by atoms with Crippen LogP contribution in [0.2, 0.25) is 0 Å². The fourth-order valence-electron chi connectivity index (χ4n) is 6.46. The Bertz CT molecular complexity index is 2760. The Morgan fingerprint density at radius 3 is 1.20 bits per heavy atom. The summed E-state index contributed by atoms with van der Waals surface area (Å²) in [5.41, 5.74) is 11.0. The van der Waals surface area contributed by atoms with Gasteiger partial charge in [0.25, 0.3) is 0 Å². The summed E-state index contributed by atoms with van der Waals surface area (Å²) < 4.78 is 25.0. The van der Waals surface area contributed by atoms with Crippen LogP contribution in [0.15, 0.2) is 122 Å². The van der Waals surface area contributed by atoms with Crippen molar-refractivity contribution in [1.82, 2.24) is 39.5 Å². The van der Waals surface area contributed by atoms with Crippen molar-refractivity contribution < 1.29 is 18.9 Å². The van der Waals surface area contributed by atoms with Crippen molar-refractivity contribution in [3.63, 3.8) is 0 Å². The molecule has 8 aromatic rings. The van der Waals surface area contributed by atoms with Crippen LogP contribution in [-0.4, -0.2) is 67.9 Å². The molecule has 0 saturated heterocycles. The number of aryl methyl sites for hydroxylation is 2. The van der Waals surface area contributed by atoms with E-state index in [0.29, 0.717) is 23.0 Å². The molecule has 0 aliphatic heterocycles. The highest BCUT2D eigenvalue weighted by Crippen LogP contribution is 2.34. The van der Waals surface area contributed by atoms with Gasteiger partial charge >= 0.3 is 0 Å². The molecule has 0 radical (unpaired) electrons. The molecule has 14 nitrogen and oxygen atoms in total. The van der Waals surface area contributed by atoms with Crippen LogP contribution in [0.25, 0.3) is 55.7 Å². The summed E-state index contributed by atoms with van der Waals surface area (Å²) in [6.45, 7) is 0. The van der Waals surface area contributed by atoms with Crippen LogP contribution in [0.1, 0.15) is 22.3 Å². The topological polar surface area (TPSA) is 172 Å². The maximum Gasteiger partial charge on any atom is 0.123 e. The highest BCUT2D eigenvalue weighted by atomic mass is 16.5. The lowest BCUT2D eigenvalue weighted by Gasteiger charge is -2.12. The molecule has 4 heterocycles. The average molecular weight is 795 g/mol. The Morgan fingerprint density at radius 1 is 0.500 bits per heavy atom. The van der Waals surface area contributed by atoms with Gasteiger partial charge in [0, 0.05) is 61.9 Å². The Balaban J connectivity index is 0.000000181. The van der Waals surface area contributed by atoms with Crippen LogP contribution in [-0.2, 0) is 14.1 Å². The van der Waals surface area contributed by atoms with E-state index in [1.807, 2.05) is 87.2 Å². The Hall–Kier alpha value is -8.36. The van der Waals surface area contributed by atoms with E-state index in [4.69, 9.17) is 28.9 Å². The minimum atomic E-state index is 0.646. The van der Waals surface area contributed by atoms with Crippen molar-refractivity contribution >= 4 is 33.2 Å². The van der Waals surface area contributed by atoms with E-state index in [0.717, 1.165) is 78.0 Å². The SMILES string of the molecule is COc1cc(OC)cc(/C(=C/C#N)c2ccc3ncc(-c4cnn(C)c4)nc3c2)c1.COc1cc(OC)cc(/C(=C\C#N)c2ccc3ncc(-c4cnn(C)c4)nc3c2)c1. The predicted molar refractivity (Wildman–Crippen MR) is 228 cm³/mol. The number of rotatable bonds is 10. The summed E-state index contributed by atoms with van der Waals surface area (Å²) in [4.78, 5) is 18.5. The first-order chi connectivity index (χ1) is 29.2. The normalized spacial score (nSPS) is 11.3. The molecular weight excluding hydrogens is 757 g/mol. The standard InChI is InChI=1S/2C23H19N5O2/c2*1-28-14-17(12-26-28)23-13-25-21-5-4-15(10-22(21)27-23)20(6-7-24)16-8-18(29-2)11-19(9-16)30-3/h2*4-6,8-14H,1-3H3/b20-6+;20-6-. The summed E-state index contributed by atoms with van der Waals surface area (Å²) in [7, 11) is 10.1.